The second-order valence-corrected chi connectivity index (χ2v) is 6.84. The average molecular weight is 357 g/mol. The number of hydrogen-bond acceptors (Lipinski definition) is 2. The van der Waals surface area contributed by atoms with E-state index in [9.17, 15) is 9.59 Å². The Hall–Kier alpha value is -2.33. The molecule has 1 fully saturated rings. The molecule has 0 radical (unpaired) electrons. The van der Waals surface area contributed by atoms with E-state index in [2.05, 4.69) is 10.6 Å². The summed E-state index contributed by atoms with van der Waals surface area (Å²) in [7, 11) is 0. The van der Waals surface area contributed by atoms with Crippen LogP contribution in [0.5, 0.6) is 0 Å². The first-order chi connectivity index (χ1) is 12.0. The summed E-state index contributed by atoms with van der Waals surface area (Å²) in [5.74, 6) is -0.210. The standard InChI is InChI=1S/C20H21ClN2O2/c1-13-6-2-5-9-17(13)22-20(25)15-10-11-16(21)18(12-15)23-19(24)14-7-3-4-8-14/h2,5-6,9-12,14H,3-4,7-8H2,1H3,(H,22,25)(H,23,24). The molecule has 4 nitrogen and oxygen atoms in total. The molecular weight excluding hydrogens is 336 g/mol. The lowest BCUT2D eigenvalue weighted by molar-refractivity contribution is -0.119. The molecule has 25 heavy (non-hydrogen) atoms. The van der Waals surface area contributed by atoms with Gasteiger partial charge < -0.3 is 10.6 Å². The largest absolute Gasteiger partial charge is 0.325 e. The zero-order valence-corrected chi connectivity index (χ0v) is 14.9. The summed E-state index contributed by atoms with van der Waals surface area (Å²) in [6.45, 7) is 1.94. The van der Waals surface area contributed by atoms with Crippen LogP contribution >= 0.6 is 11.6 Å². The molecule has 2 amide bonds. The van der Waals surface area contributed by atoms with E-state index in [1.165, 1.54) is 0 Å². The van der Waals surface area contributed by atoms with Crippen LogP contribution < -0.4 is 10.6 Å². The number of para-hydroxylation sites is 1. The summed E-state index contributed by atoms with van der Waals surface area (Å²) in [6.07, 6.45) is 4.00. The third kappa shape index (κ3) is 4.20. The van der Waals surface area contributed by atoms with Gasteiger partial charge >= 0.3 is 0 Å². The number of carbonyl (C=O) groups excluding carboxylic acids is 2. The number of benzene rings is 2. The summed E-state index contributed by atoms with van der Waals surface area (Å²) < 4.78 is 0. The molecule has 2 aromatic carbocycles. The van der Waals surface area contributed by atoms with E-state index in [0.717, 1.165) is 36.9 Å². The van der Waals surface area contributed by atoms with Crippen molar-refractivity contribution < 1.29 is 9.59 Å². The molecule has 130 valence electrons. The number of carbonyl (C=O) groups is 2. The van der Waals surface area contributed by atoms with Crippen molar-refractivity contribution in [3.63, 3.8) is 0 Å². The van der Waals surface area contributed by atoms with Gasteiger partial charge in [0, 0.05) is 17.2 Å². The van der Waals surface area contributed by atoms with Crippen molar-refractivity contribution in [3.8, 4) is 0 Å². The fourth-order valence-corrected chi connectivity index (χ4v) is 3.26. The zero-order chi connectivity index (χ0) is 17.8. The predicted molar refractivity (Wildman–Crippen MR) is 101 cm³/mol. The van der Waals surface area contributed by atoms with Gasteiger partial charge in [0.05, 0.1) is 10.7 Å². The first kappa shape index (κ1) is 17.5. The lowest BCUT2D eigenvalue weighted by Gasteiger charge is -2.13. The monoisotopic (exact) mass is 356 g/mol. The molecule has 0 saturated heterocycles. The van der Waals surface area contributed by atoms with Crippen LogP contribution in [0.3, 0.4) is 0 Å². The van der Waals surface area contributed by atoms with E-state index >= 15 is 0 Å². The van der Waals surface area contributed by atoms with Crippen molar-refractivity contribution in [1.82, 2.24) is 0 Å². The van der Waals surface area contributed by atoms with Crippen LogP contribution in [0, 0.1) is 12.8 Å². The van der Waals surface area contributed by atoms with E-state index in [1.807, 2.05) is 31.2 Å². The molecule has 5 heteroatoms. The topological polar surface area (TPSA) is 58.2 Å². The average Bonchev–Trinajstić information content (AvgIpc) is 3.13. The van der Waals surface area contributed by atoms with Crippen molar-refractivity contribution >= 4 is 34.8 Å². The maximum atomic E-state index is 12.5. The molecule has 1 aliphatic rings. The second-order valence-electron chi connectivity index (χ2n) is 6.43. The molecule has 0 aliphatic heterocycles. The fraction of sp³-hybridized carbons (Fsp3) is 0.300. The molecule has 0 atom stereocenters. The van der Waals surface area contributed by atoms with Gasteiger partial charge in [-0.2, -0.15) is 0 Å². The van der Waals surface area contributed by atoms with Crippen LogP contribution in [0.1, 0.15) is 41.6 Å². The van der Waals surface area contributed by atoms with Crippen LogP contribution in [-0.4, -0.2) is 11.8 Å². The molecule has 3 rings (SSSR count). The number of halogens is 1. The number of anilines is 2. The molecular formula is C20H21ClN2O2. The van der Waals surface area contributed by atoms with Gasteiger partial charge in [0.1, 0.15) is 0 Å². The van der Waals surface area contributed by atoms with Crippen LogP contribution in [0.4, 0.5) is 11.4 Å². The first-order valence-electron chi connectivity index (χ1n) is 8.52. The van der Waals surface area contributed by atoms with Gasteiger partial charge in [-0.1, -0.05) is 42.6 Å². The Bertz CT molecular complexity index is 798. The van der Waals surface area contributed by atoms with E-state index in [1.54, 1.807) is 18.2 Å². The molecule has 0 spiro atoms. The van der Waals surface area contributed by atoms with Gasteiger partial charge in [0.15, 0.2) is 0 Å². The molecule has 1 aliphatic carbocycles. The van der Waals surface area contributed by atoms with E-state index < -0.39 is 0 Å². The highest BCUT2D eigenvalue weighted by atomic mass is 35.5. The quantitative estimate of drug-likeness (QED) is 0.807. The maximum Gasteiger partial charge on any atom is 0.255 e. The minimum absolute atomic E-state index is 0.0177. The molecule has 2 N–H and O–H groups in total. The third-order valence-corrected chi connectivity index (χ3v) is 4.94. The maximum absolute atomic E-state index is 12.5. The SMILES string of the molecule is Cc1ccccc1NC(=O)c1ccc(Cl)c(NC(=O)C2CCCC2)c1. The summed E-state index contributed by atoms with van der Waals surface area (Å²) in [5.41, 5.74) is 2.68. The lowest BCUT2D eigenvalue weighted by Crippen LogP contribution is -2.21. The number of nitrogens with one attached hydrogen (secondary N) is 2. The molecule has 1 saturated carbocycles. The number of hydrogen-bond donors (Lipinski definition) is 2. The van der Waals surface area contributed by atoms with E-state index in [4.69, 9.17) is 11.6 Å². The van der Waals surface area contributed by atoms with Crippen LogP contribution in [0.25, 0.3) is 0 Å². The van der Waals surface area contributed by atoms with Crippen molar-refractivity contribution in [1.29, 1.82) is 0 Å². The van der Waals surface area contributed by atoms with Gasteiger partial charge in [0.2, 0.25) is 5.91 Å². The molecule has 0 aromatic heterocycles. The summed E-state index contributed by atoms with van der Waals surface area (Å²) in [5, 5.41) is 6.19. The van der Waals surface area contributed by atoms with Gasteiger partial charge in [-0.05, 0) is 49.6 Å². The van der Waals surface area contributed by atoms with E-state index in [-0.39, 0.29) is 17.7 Å². The summed E-state index contributed by atoms with van der Waals surface area (Å²) >= 11 is 6.19. The van der Waals surface area contributed by atoms with Crippen LogP contribution in [0.15, 0.2) is 42.5 Å². The van der Waals surface area contributed by atoms with Crippen molar-refractivity contribution in [2.45, 2.75) is 32.6 Å². The molecule has 0 bridgehead atoms. The summed E-state index contributed by atoms with van der Waals surface area (Å²) in [4.78, 5) is 24.8. The minimum Gasteiger partial charge on any atom is -0.325 e. The Morgan fingerprint density at radius 2 is 1.72 bits per heavy atom. The van der Waals surface area contributed by atoms with Gasteiger partial charge in [-0.25, -0.2) is 0 Å². The second kappa shape index (κ2) is 7.70. The first-order valence-corrected chi connectivity index (χ1v) is 8.90. The summed E-state index contributed by atoms with van der Waals surface area (Å²) in [6, 6.07) is 12.5. The van der Waals surface area contributed by atoms with Gasteiger partial charge in [-0.3, -0.25) is 9.59 Å². The Labute approximate surface area is 152 Å². The predicted octanol–water partition coefficient (Wildman–Crippen LogP) is 5.03. The Morgan fingerprint density at radius 1 is 1.00 bits per heavy atom. The van der Waals surface area contributed by atoms with Crippen molar-refractivity contribution in [2.24, 2.45) is 5.92 Å². The van der Waals surface area contributed by atoms with Crippen LogP contribution in [-0.2, 0) is 4.79 Å². The fourth-order valence-electron chi connectivity index (χ4n) is 3.09. The lowest BCUT2D eigenvalue weighted by atomic mass is 10.1. The minimum atomic E-state index is -0.234. The zero-order valence-electron chi connectivity index (χ0n) is 14.1. The Kier molecular flexibility index (Phi) is 5.39. The van der Waals surface area contributed by atoms with Crippen LogP contribution in [0.2, 0.25) is 5.02 Å². The van der Waals surface area contributed by atoms with Crippen molar-refractivity contribution in [2.75, 3.05) is 10.6 Å². The third-order valence-electron chi connectivity index (χ3n) is 4.61. The molecule has 2 aromatic rings. The highest BCUT2D eigenvalue weighted by Gasteiger charge is 2.23. The Balaban J connectivity index is 1.75. The van der Waals surface area contributed by atoms with Gasteiger partial charge in [-0.15, -0.1) is 0 Å². The highest BCUT2D eigenvalue weighted by Crippen LogP contribution is 2.29. The van der Waals surface area contributed by atoms with E-state index in [0.29, 0.717) is 16.3 Å². The highest BCUT2D eigenvalue weighted by molar-refractivity contribution is 6.34. The number of amides is 2. The molecule has 0 unspecified atom stereocenters. The molecule has 0 heterocycles. The number of rotatable bonds is 4. The van der Waals surface area contributed by atoms with Gasteiger partial charge in [0.25, 0.3) is 5.91 Å². The Morgan fingerprint density at radius 3 is 2.44 bits per heavy atom. The normalized spacial score (nSPS) is 14.3. The number of aryl methyl sites for hydroxylation is 1. The van der Waals surface area contributed by atoms with Crippen molar-refractivity contribution in [3.05, 3.63) is 58.6 Å². The smallest absolute Gasteiger partial charge is 0.255 e.